The standard InChI is InChI=1S/C26H44N2O39S6.8Na/c1-57-9-5(29)3(27-70(45,46)47)23(64-17(9)21(37)68(39,40)41)60-12-8(32)14(67-73(54,55)56)26(63-16(12)20(35)36)61-10-6(30)4(28-71(48,49)50)24(65-18(10)22(38)69(42,43)44)59-11-7(31)13(66-72(51,52)53)25(58-2)62-15(11)19(33)34;;;;;;;;/h3-18,21-32,37-38H,1-2H3,(H,33,34)(H,35,36)(H,39,40,41)(H,42,43,44)(H,45,46,47)(H,48,49,50)(H,51,52,53)(H,54,55,56);;;;;;;;/q;8*+1/p-8/t3-,4+,5-,6?,7+,8+,9-,10-,11-,12-,13+,14-,15+,16+,17-,18-,21?,22?,23-,24-,25+,26+;;;;;;;;/m1......../s1. The first kappa shape index (κ1) is 95.3. The molecule has 0 saturated carbocycles. The molecule has 0 radical (unpaired) electrons. The van der Waals surface area contributed by atoms with Gasteiger partial charge in [0.2, 0.25) is 20.8 Å². The Morgan fingerprint density at radius 1 is 0.432 bits per heavy atom. The van der Waals surface area contributed by atoms with E-state index >= 15 is 0 Å². The zero-order valence-electron chi connectivity index (χ0n) is 43.3. The second-order valence-electron chi connectivity index (χ2n) is 15.0. The van der Waals surface area contributed by atoms with Crippen molar-refractivity contribution in [1.82, 2.24) is 9.44 Å². The smallest absolute Gasteiger partial charge is 0.746 e. The summed E-state index contributed by atoms with van der Waals surface area (Å²) in [6.07, 6.45) is -54.2. The zero-order chi connectivity index (χ0) is 56.0. The van der Waals surface area contributed by atoms with Crippen LogP contribution < -0.4 is 256 Å². The predicted octanol–water partition coefficient (Wildman–Crippen LogP) is -40.1. The maximum Gasteiger partial charge on any atom is 1.00 e. The summed E-state index contributed by atoms with van der Waals surface area (Å²) in [6.45, 7) is 0. The summed E-state index contributed by atoms with van der Waals surface area (Å²) < 4.78 is 269. The van der Waals surface area contributed by atoms with Crippen LogP contribution in [0.5, 0.6) is 0 Å². The van der Waals surface area contributed by atoms with Crippen LogP contribution in [-0.4, -0.2) is 268 Å². The third-order valence-corrected chi connectivity index (χ3v) is 14.0. The van der Waals surface area contributed by atoms with Gasteiger partial charge in [-0.15, -0.1) is 0 Å². The SMILES string of the molecule is CO[C@H]1O[C@H](C(=O)[O-])[C@H](O[C@@H]2O[C@@H](C(O)S(=O)(=O)[O-])[C@H](O[C@H]3O[C@H](C(=O)[O-])[C@H](O[C@@H]4O[C@@H](C(O)S(=O)(=O)[O-])[C@H](OC)[C@H](O)[C@H]4NS(=O)(=O)[O-])[C@H](O)[C@H]3OS(=O)(=O)[O-])C(O)[C@@H]2NS(=O)(=O)[O-])[C@H](O)[C@@H]1OS(=O)(=O)[O-].[Na+].[Na+].[Na+].[Na+].[Na+].[Na+].[Na+].[Na+]. The van der Waals surface area contributed by atoms with Gasteiger partial charge < -0.3 is 120 Å². The number of aliphatic hydroxyl groups excluding tert-OH is 6. The Balaban J connectivity index is -0.00000241. The molecular formula is C26H36N2Na8O39S6. The van der Waals surface area contributed by atoms with Crippen LogP contribution in [0.3, 0.4) is 0 Å². The maximum absolute atomic E-state index is 12.6. The van der Waals surface area contributed by atoms with Crippen LogP contribution in [0.2, 0.25) is 0 Å². The van der Waals surface area contributed by atoms with E-state index in [1.165, 1.54) is 0 Å². The number of ether oxygens (including phenoxy) is 9. The number of hydrogen-bond acceptors (Lipinski definition) is 39. The number of hydrogen-bond donors (Lipinski definition) is 8. The fourth-order valence-electron chi connectivity index (χ4n) is 7.37. The number of carbonyl (C=O) groups excluding carboxylic acids is 2. The van der Waals surface area contributed by atoms with E-state index in [2.05, 4.69) is 13.1 Å². The molecule has 55 heteroatoms. The largest absolute Gasteiger partial charge is 1.00 e. The molecule has 22 atom stereocenters. The van der Waals surface area contributed by atoms with Crippen LogP contribution in [-0.2, 0) is 122 Å². The summed E-state index contributed by atoms with van der Waals surface area (Å²) in [7, 11) is -35.5. The van der Waals surface area contributed by atoms with Gasteiger partial charge in [0, 0.05) is 14.2 Å². The quantitative estimate of drug-likeness (QED) is 0.0283. The average Bonchev–Trinajstić information content (AvgIpc) is 3.21. The van der Waals surface area contributed by atoms with Crippen molar-refractivity contribution in [3.8, 4) is 0 Å². The number of rotatable bonds is 22. The Labute approximate surface area is 636 Å². The molecule has 81 heavy (non-hydrogen) atoms. The van der Waals surface area contributed by atoms with Gasteiger partial charge in [0.05, 0.1) is 11.9 Å². The number of carbonyl (C=O) groups is 2. The summed E-state index contributed by atoms with van der Waals surface area (Å²) >= 11 is 0. The van der Waals surface area contributed by atoms with Crippen LogP contribution in [0.1, 0.15) is 0 Å². The molecule has 428 valence electrons. The molecule has 0 aliphatic carbocycles. The van der Waals surface area contributed by atoms with E-state index in [1.807, 2.05) is 0 Å². The van der Waals surface area contributed by atoms with Crippen LogP contribution in [0.15, 0.2) is 0 Å². The molecule has 4 fully saturated rings. The van der Waals surface area contributed by atoms with Crippen LogP contribution in [0.4, 0.5) is 0 Å². The third-order valence-electron chi connectivity index (χ3n) is 10.3. The second-order valence-corrected chi connectivity index (χ2v) is 22.3. The van der Waals surface area contributed by atoms with E-state index < -0.39 is 207 Å². The monoisotopic (exact) mass is 1380 g/mol. The van der Waals surface area contributed by atoms with Crippen molar-refractivity contribution in [3.63, 3.8) is 0 Å². The Bertz CT molecular complexity index is 2690. The summed E-state index contributed by atoms with van der Waals surface area (Å²) in [6, 6.07) is -5.83. The third kappa shape index (κ3) is 26.8. The van der Waals surface area contributed by atoms with Crippen molar-refractivity contribution in [1.29, 1.82) is 0 Å². The van der Waals surface area contributed by atoms with Crippen LogP contribution in [0.25, 0.3) is 0 Å². The molecule has 8 N–H and O–H groups in total. The summed E-state index contributed by atoms with van der Waals surface area (Å²) in [4.78, 5) is 24.7. The number of carboxylic acids is 2. The molecule has 0 bridgehead atoms. The van der Waals surface area contributed by atoms with Gasteiger partial charge in [-0.25, -0.2) is 60.0 Å². The van der Waals surface area contributed by atoms with Crippen molar-refractivity contribution >= 4 is 73.6 Å². The number of carboxylic acid groups (broad SMARTS) is 2. The topological polar surface area (TPSA) is 670 Å². The molecule has 4 aliphatic heterocycles. The van der Waals surface area contributed by atoms with Gasteiger partial charge in [-0.1, -0.05) is 0 Å². The summed E-state index contributed by atoms with van der Waals surface area (Å²) in [5, 5.41) is 90.3. The van der Waals surface area contributed by atoms with Crippen molar-refractivity contribution < 1.29 is 416 Å². The van der Waals surface area contributed by atoms with Crippen molar-refractivity contribution in [2.75, 3.05) is 14.2 Å². The number of methoxy groups -OCH3 is 2. The van der Waals surface area contributed by atoms with Gasteiger partial charge in [-0.05, 0) is 0 Å². The molecule has 0 aromatic rings. The van der Waals surface area contributed by atoms with E-state index in [0.29, 0.717) is 14.2 Å². The normalized spacial score (nSPS) is 35.4. The molecular weight excluding hydrogens is 1340 g/mol. The molecule has 0 aromatic carbocycles. The number of nitrogens with one attached hydrogen (secondary N) is 2. The Kier molecular flexibility index (Phi) is 45.0. The molecule has 0 spiro atoms. The van der Waals surface area contributed by atoms with Gasteiger partial charge >= 0.3 is 236 Å². The Morgan fingerprint density at radius 2 is 0.728 bits per heavy atom. The first-order valence-corrected chi connectivity index (χ1v) is 27.2. The minimum atomic E-state index is -6.43. The van der Waals surface area contributed by atoms with E-state index in [0.717, 1.165) is 9.44 Å². The molecule has 4 heterocycles. The van der Waals surface area contributed by atoms with E-state index in [-0.39, 0.29) is 236 Å². The van der Waals surface area contributed by atoms with Crippen molar-refractivity contribution in [3.05, 3.63) is 0 Å². The number of aliphatic carboxylic acids is 2. The molecule has 3 unspecified atom stereocenters. The average molecular weight is 1380 g/mol. The minimum Gasteiger partial charge on any atom is -0.746 e. The van der Waals surface area contributed by atoms with Gasteiger partial charge in [-0.3, -0.25) is 8.37 Å². The van der Waals surface area contributed by atoms with E-state index in [1.54, 1.807) is 0 Å². The molecule has 4 aliphatic rings. The molecule has 0 amide bonds. The first-order chi connectivity index (χ1) is 33.0. The Morgan fingerprint density at radius 3 is 1.01 bits per heavy atom. The fourth-order valence-corrected chi connectivity index (χ4v) is 10.6. The number of aliphatic hydroxyl groups is 6. The second kappa shape index (κ2) is 38.3. The van der Waals surface area contributed by atoms with Crippen molar-refractivity contribution in [2.24, 2.45) is 0 Å². The summed E-state index contributed by atoms with van der Waals surface area (Å²) in [5.41, 5.74) is -7.14. The minimum absolute atomic E-state index is 0. The molecule has 41 nitrogen and oxygen atoms in total. The van der Waals surface area contributed by atoms with Crippen LogP contribution >= 0.6 is 0 Å². The van der Waals surface area contributed by atoms with Gasteiger partial charge in [0.15, 0.2) is 68.8 Å². The maximum atomic E-state index is 12.6. The van der Waals surface area contributed by atoms with Gasteiger partial charge in [0.1, 0.15) is 106 Å². The van der Waals surface area contributed by atoms with Gasteiger partial charge in [0.25, 0.3) is 0 Å². The summed E-state index contributed by atoms with van der Waals surface area (Å²) in [5.74, 6) is -5.24. The Hall–Kier alpha value is 5.64. The predicted molar refractivity (Wildman–Crippen MR) is 195 cm³/mol. The molecule has 4 saturated heterocycles. The first-order valence-electron chi connectivity index (χ1n) is 18.8. The van der Waals surface area contributed by atoms with Gasteiger partial charge in [-0.2, -0.15) is 0 Å². The fraction of sp³-hybridized carbons (Fsp3) is 0.923. The van der Waals surface area contributed by atoms with E-state index in [9.17, 15) is 128 Å². The van der Waals surface area contributed by atoms with E-state index in [4.69, 9.17) is 37.9 Å². The molecule has 0 aromatic heterocycles. The zero-order valence-corrected chi connectivity index (χ0v) is 64.2. The van der Waals surface area contributed by atoms with Crippen molar-refractivity contribution in [2.45, 2.75) is 134 Å². The van der Waals surface area contributed by atoms with Crippen LogP contribution in [0, 0.1) is 0 Å². The molecule has 4 rings (SSSR count).